The van der Waals surface area contributed by atoms with Crippen molar-refractivity contribution in [2.24, 2.45) is 11.3 Å². The molecule has 1 fully saturated rings. The fraction of sp³-hybridized carbons (Fsp3) is 0.611. The second-order valence-corrected chi connectivity index (χ2v) is 6.96. The van der Waals surface area contributed by atoms with Crippen LogP contribution in [0.4, 0.5) is 0 Å². The number of ketones is 1. The quantitative estimate of drug-likeness (QED) is 0.820. The largest absolute Gasteiger partial charge is 0.303 e. The summed E-state index contributed by atoms with van der Waals surface area (Å²) in [5.74, 6) is 1.13. The second kappa shape index (κ2) is 5.33. The molecular formula is C18H25NO. The summed E-state index contributed by atoms with van der Waals surface area (Å²) in [6.07, 6.45) is 4.23. The van der Waals surface area contributed by atoms with Crippen molar-refractivity contribution in [3.05, 3.63) is 35.4 Å². The number of likely N-dealkylation sites (tertiary alicyclic amines) is 1. The van der Waals surface area contributed by atoms with Gasteiger partial charge in [0.05, 0.1) is 0 Å². The first-order valence-corrected chi connectivity index (χ1v) is 7.96. The highest BCUT2D eigenvalue weighted by molar-refractivity contribution is 6.02. The summed E-state index contributed by atoms with van der Waals surface area (Å²) in [6, 6.07) is 8.20. The average Bonchev–Trinajstić information content (AvgIpc) is 2.45. The number of carbonyl (C=O) groups excluding carboxylic acids is 1. The number of hydrogen-bond acceptors (Lipinski definition) is 2. The van der Waals surface area contributed by atoms with Crippen LogP contribution in [0.25, 0.3) is 0 Å². The van der Waals surface area contributed by atoms with Crippen LogP contribution in [-0.4, -0.2) is 30.3 Å². The molecule has 2 heteroatoms. The van der Waals surface area contributed by atoms with Crippen LogP contribution in [0.2, 0.25) is 0 Å². The maximum Gasteiger partial charge on any atom is 0.169 e. The summed E-state index contributed by atoms with van der Waals surface area (Å²) in [5.41, 5.74) is 2.20. The van der Waals surface area contributed by atoms with E-state index in [9.17, 15) is 4.79 Å². The summed E-state index contributed by atoms with van der Waals surface area (Å²) in [5, 5.41) is 0. The molecular weight excluding hydrogens is 246 g/mol. The van der Waals surface area contributed by atoms with Crippen molar-refractivity contribution in [1.29, 1.82) is 0 Å². The van der Waals surface area contributed by atoms with Gasteiger partial charge in [-0.25, -0.2) is 0 Å². The van der Waals surface area contributed by atoms with Crippen LogP contribution in [0.1, 0.15) is 49.0 Å². The first kappa shape index (κ1) is 13.8. The van der Waals surface area contributed by atoms with Gasteiger partial charge in [-0.2, -0.15) is 0 Å². The molecule has 3 rings (SSSR count). The SMILES string of the molecule is CC(C)CN1CCC2(CCc3ccccc3C2=O)CC1. The Morgan fingerprint density at radius 3 is 2.55 bits per heavy atom. The Morgan fingerprint density at radius 1 is 1.15 bits per heavy atom. The van der Waals surface area contributed by atoms with Gasteiger partial charge in [-0.05, 0) is 50.3 Å². The molecule has 0 amide bonds. The second-order valence-electron chi connectivity index (χ2n) is 6.96. The highest BCUT2D eigenvalue weighted by Gasteiger charge is 2.44. The van der Waals surface area contributed by atoms with Crippen LogP contribution in [0, 0.1) is 11.3 Å². The number of piperidine rings is 1. The number of nitrogens with zero attached hydrogens (tertiary/aromatic N) is 1. The zero-order chi connectivity index (χ0) is 14.2. The summed E-state index contributed by atoms with van der Waals surface area (Å²) in [6.45, 7) is 7.89. The Morgan fingerprint density at radius 2 is 1.85 bits per heavy atom. The van der Waals surface area contributed by atoms with Crippen LogP contribution in [0.5, 0.6) is 0 Å². The van der Waals surface area contributed by atoms with E-state index in [1.807, 2.05) is 12.1 Å². The number of Topliss-reactive ketones (excluding diaryl/α,β-unsaturated/α-hetero) is 1. The van der Waals surface area contributed by atoms with E-state index in [1.165, 1.54) is 12.1 Å². The molecule has 1 aliphatic carbocycles. The number of carbonyl (C=O) groups is 1. The number of benzene rings is 1. The molecule has 0 aromatic heterocycles. The van der Waals surface area contributed by atoms with Crippen molar-refractivity contribution in [2.75, 3.05) is 19.6 Å². The molecule has 0 N–H and O–H groups in total. The van der Waals surface area contributed by atoms with Gasteiger partial charge in [0.15, 0.2) is 5.78 Å². The third-order valence-electron chi connectivity index (χ3n) is 5.05. The molecule has 1 aromatic rings. The lowest BCUT2D eigenvalue weighted by Crippen LogP contribution is -2.47. The van der Waals surface area contributed by atoms with Gasteiger partial charge in [-0.3, -0.25) is 4.79 Å². The number of aryl methyl sites for hydroxylation is 1. The third kappa shape index (κ3) is 2.42. The molecule has 1 aliphatic heterocycles. The van der Waals surface area contributed by atoms with E-state index in [4.69, 9.17) is 0 Å². The van der Waals surface area contributed by atoms with Crippen molar-refractivity contribution in [2.45, 2.75) is 39.5 Å². The molecule has 1 heterocycles. The lowest BCUT2D eigenvalue weighted by Gasteiger charge is -2.43. The third-order valence-corrected chi connectivity index (χ3v) is 5.05. The average molecular weight is 271 g/mol. The summed E-state index contributed by atoms with van der Waals surface area (Å²) in [4.78, 5) is 15.4. The van der Waals surface area contributed by atoms with E-state index in [0.717, 1.165) is 44.3 Å². The molecule has 0 radical (unpaired) electrons. The monoisotopic (exact) mass is 271 g/mol. The lowest BCUT2D eigenvalue weighted by atomic mass is 9.65. The molecule has 0 unspecified atom stereocenters. The maximum absolute atomic E-state index is 12.9. The summed E-state index contributed by atoms with van der Waals surface area (Å²) in [7, 11) is 0. The Bertz CT molecular complexity index is 498. The van der Waals surface area contributed by atoms with Crippen molar-refractivity contribution in [1.82, 2.24) is 4.90 Å². The standard InChI is InChI=1S/C18H25NO/c1-14(2)13-19-11-9-18(10-12-19)8-7-15-5-3-4-6-16(15)17(18)20/h3-6,14H,7-13H2,1-2H3. The Hall–Kier alpha value is -1.15. The van der Waals surface area contributed by atoms with Gasteiger partial charge in [0, 0.05) is 17.5 Å². The zero-order valence-electron chi connectivity index (χ0n) is 12.7. The molecule has 1 aromatic carbocycles. The van der Waals surface area contributed by atoms with E-state index in [-0.39, 0.29) is 5.41 Å². The fourth-order valence-electron chi connectivity index (χ4n) is 3.89. The van der Waals surface area contributed by atoms with Gasteiger partial charge >= 0.3 is 0 Å². The van der Waals surface area contributed by atoms with Crippen LogP contribution >= 0.6 is 0 Å². The minimum Gasteiger partial charge on any atom is -0.303 e. The first-order valence-electron chi connectivity index (χ1n) is 7.96. The van der Waals surface area contributed by atoms with Gasteiger partial charge in [0.25, 0.3) is 0 Å². The highest BCUT2D eigenvalue weighted by atomic mass is 16.1. The van der Waals surface area contributed by atoms with Gasteiger partial charge in [0.2, 0.25) is 0 Å². The van der Waals surface area contributed by atoms with Crippen LogP contribution < -0.4 is 0 Å². The van der Waals surface area contributed by atoms with Gasteiger partial charge in [0.1, 0.15) is 0 Å². The van der Waals surface area contributed by atoms with Crippen molar-refractivity contribution >= 4 is 5.78 Å². The Kier molecular flexibility index (Phi) is 3.68. The molecule has 2 nitrogen and oxygen atoms in total. The molecule has 1 spiro atoms. The van der Waals surface area contributed by atoms with Gasteiger partial charge < -0.3 is 4.90 Å². The molecule has 20 heavy (non-hydrogen) atoms. The summed E-state index contributed by atoms with van der Waals surface area (Å²) < 4.78 is 0. The number of fused-ring (bicyclic) bond motifs is 1. The first-order chi connectivity index (χ1) is 9.61. The predicted octanol–water partition coefficient (Wildman–Crippen LogP) is 3.55. The van der Waals surface area contributed by atoms with E-state index < -0.39 is 0 Å². The Labute approximate surface area is 122 Å². The minimum absolute atomic E-state index is 0.0537. The van der Waals surface area contributed by atoms with E-state index in [1.54, 1.807) is 0 Å². The number of rotatable bonds is 2. The van der Waals surface area contributed by atoms with Crippen molar-refractivity contribution in [3.63, 3.8) is 0 Å². The lowest BCUT2D eigenvalue weighted by molar-refractivity contribution is 0.0523. The van der Waals surface area contributed by atoms with Crippen LogP contribution in [-0.2, 0) is 6.42 Å². The van der Waals surface area contributed by atoms with E-state index in [0.29, 0.717) is 11.7 Å². The van der Waals surface area contributed by atoms with Crippen molar-refractivity contribution in [3.8, 4) is 0 Å². The zero-order valence-corrected chi connectivity index (χ0v) is 12.7. The topological polar surface area (TPSA) is 20.3 Å². The van der Waals surface area contributed by atoms with Crippen LogP contribution in [0.15, 0.2) is 24.3 Å². The molecule has 108 valence electrons. The smallest absolute Gasteiger partial charge is 0.169 e. The maximum atomic E-state index is 12.9. The normalized spacial score (nSPS) is 22.2. The molecule has 2 aliphatic rings. The predicted molar refractivity (Wildman–Crippen MR) is 82.0 cm³/mol. The van der Waals surface area contributed by atoms with Gasteiger partial charge in [-0.1, -0.05) is 38.1 Å². The minimum atomic E-state index is -0.0537. The number of hydrogen-bond donors (Lipinski definition) is 0. The van der Waals surface area contributed by atoms with E-state index in [2.05, 4.69) is 30.9 Å². The summed E-state index contributed by atoms with van der Waals surface area (Å²) >= 11 is 0. The Balaban J connectivity index is 1.75. The highest BCUT2D eigenvalue weighted by Crippen LogP contribution is 2.43. The molecule has 0 atom stereocenters. The molecule has 0 bridgehead atoms. The molecule has 1 saturated heterocycles. The van der Waals surface area contributed by atoms with E-state index >= 15 is 0 Å². The fourth-order valence-corrected chi connectivity index (χ4v) is 3.89. The van der Waals surface area contributed by atoms with Crippen LogP contribution in [0.3, 0.4) is 0 Å². The van der Waals surface area contributed by atoms with Gasteiger partial charge in [-0.15, -0.1) is 0 Å². The molecule has 0 saturated carbocycles. The van der Waals surface area contributed by atoms with Crippen molar-refractivity contribution < 1.29 is 4.79 Å².